The summed E-state index contributed by atoms with van der Waals surface area (Å²) in [6.45, 7) is 1.56. The molecule has 6 nitrogen and oxygen atoms in total. The van der Waals surface area contributed by atoms with E-state index in [1.54, 1.807) is 43.3 Å². The van der Waals surface area contributed by atoms with Crippen LogP contribution in [-0.2, 0) is 0 Å². The molecule has 1 aromatic heterocycles. The summed E-state index contributed by atoms with van der Waals surface area (Å²) in [4.78, 5) is 13.0. The van der Waals surface area contributed by atoms with Crippen LogP contribution in [-0.4, -0.2) is 20.0 Å². The summed E-state index contributed by atoms with van der Waals surface area (Å²) >= 11 is 5.51. The van der Waals surface area contributed by atoms with Gasteiger partial charge in [-0.3, -0.25) is 13.9 Å². The number of aromatic nitrogens is 2. The van der Waals surface area contributed by atoms with Gasteiger partial charge >= 0.3 is 0 Å². The zero-order valence-corrected chi connectivity index (χ0v) is 14.3. The number of hydrogen-bond donors (Lipinski definition) is 2. The number of aromatic hydroxyl groups is 1. The third kappa shape index (κ3) is 2.85. The topological polar surface area (TPSA) is 85.5 Å². The van der Waals surface area contributed by atoms with Crippen molar-refractivity contribution in [3.05, 3.63) is 81.4 Å². The number of benzene rings is 2. The lowest BCUT2D eigenvalue weighted by Crippen LogP contribution is -2.29. The van der Waals surface area contributed by atoms with Gasteiger partial charge in [0.15, 0.2) is 4.77 Å². The molecule has 3 N–H and O–H groups in total. The molecule has 0 saturated heterocycles. The van der Waals surface area contributed by atoms with Crippen molar-refractivity contribution in [1.82, 2.24) is 9.13 Å². The van der Waals surface area contributed by atoms with Crippen LogP contribution in [0.3, 0.4) is 0 Å². The van der Waals surface area contributed by atoms with Crippen molar-refractivity contribution in [3.8, 4) is 17.3 Å². The molecule has 0 aliphatic rings. The molecular weight excluding hydrogens is 336 g/mol. The minimum atomic E-state index is -0.479. The van der Waals surface area contributed by atoms with E-state index in [-0.39, 0.29) is 21.9 Å². The molecule has 2 aromatic carbocycles. The molecule has 0 bridgehead atoms. The SMILES string of the molecule is CC(=NN)c1c(O)n(-c2ccccc2)c(=S)n(-c2ccccc2)c1=O. The van der Waals surface area contributed by atoms with Crippen molar-refractivity contribution in [2.45, 2.75) is 6.92 Å². The highest BCUT2D eigenvalue weighted by molar-refractivity contribution is 7.71. The van der Waals surface area contributed by atoms with Crippen LogP contribution in [0.2, 0.25) is 0 Å². The van der Waals surface area contributed by atoms with E-state index in [0.29, 0.717) is 11.4 Å². The van der Waals surface area contributed by atoms with Crippen LogP contribution >= 0.6 is 12.2 Å². The van der Waals surface area contributed by atoms with Crippen molar-refractivity contribution in [2.24, 2.45) is 10.9 Å². The third-order valence-electron chi connectivity index (χ3n) is 3.82. The number of nitrogens with two attached hydrogens (primary N) is 1. The first-order valence-corrected chi connectivity index (χ1v) is 7.93. The number of rotatable bonds is 3. The second kappa shape index (κ2) is 6.74. The summed E-state index contributed by atoms with van der Waals surface area (Å²) in [6, 6.07) is 18.0. The highest BCUT2D eigenvalue weighted by Crippen LogP contribution is 2.22. The number of nitrogens with zero attached hydrogens (tertiary/aromatic N) is 3. The van der Waals surface area contributed by atoms with Crippen molar-refractivity contribution in [2.75, 3.05) is 0 Å². The van der Waals surface area contributed by atoms with Crippen molar-refractivity contribution in [3.63, 3.8) is 0 Å². The van der Waals surface area contributed by atoms with Gasteiger partial charge in [-0.25, -0.2) is 0 Å². The standard InChI is InChI=1S/C18H16N4O2S/c1-12(20-19)15-16(23)21(13-8-4-2-5-9-13)18(25)22(17(15)24)14-10-6-3-7-11-14/h2-11,23H,19H2,1H3. The second-order valence-corrected chi connectivity index (χ2v) is 5.71. The molecule has 3 rings (SSSR count). The molecular formula is C18H16N4O2S. The van der Waals surface area contributed by atoms with Crippen LogP contribution in [0.5, 0.6) is 5.88 Å². The molecule has 7 heteroatoms. The van der Waals surface area contributed by atoms with Crippen LogP contribution in [0, 0.1) is 4.77 Å². The second-order valence-electron chi connectivity index (χ2n) is 5.34. The molecule has 0 atom stereocenters. The molecule has 0 fully saturated rings. The summed E-state index contributed by atoms with van der Waals surface area (Å²) in [6.07, 6.45) is 0. The van der Waals surface area contributed by atoms with E-state index < -0.39 is 5.56 Å². The zero-order chi connectivity index (χ0) is 18.0. The van der Waals surface area contributed by atoms with E-state index in [9.17, 15) is 9.90 Å². The largest absolute Gasteiger partial charge is 0.494 e. The Morgan fingerprint density at radius 1 is 1.00 bits per heavy atom. The van der Waals surface area contributed by atoms with Crippen LogP contribution in [0.25, 0.3) is 11.4 Å². The Morgan fingerprint density at radius 2 is 1.48 bits per heavy atom. The normalized spacial score (nSPS) is 11.5. The van der Waals surface area contributed by atoms with Gasteiger partial charge in [-0.05, 0) is 43.4 Å². The van der Waals surface area contributed by atoms with Crippen LogP contribution < -0.4 is 11.4 Å². The molecule has 126 valence electrons. The van der Waals surface area contributed by atoms with E-state index in [1.165, 1.54) is 9.13 Å². The van der Waals surface area contributed by atoms with Gasteiger partial charge in [0.05, 0.1) is 17.1 Å². The lowest BCUT2D eigenvalue weighted by molar-refractivity contribution is 0.429. The molecule has 0 radical (unpaired) electrons. The zero-order valence-electron chi connectivity index (χ0n) is 13.5. The number of para-hydroxylation sites is 2. The quantitative estimate of drug-likeness (QED) is 0.328. The highest BCUT2D eigenvalue weighted by Gasteiger charge is 2.20. The van der Waals surface area contributed by atoms with Gasteiger partial charge in [0, 0.05) is 0 Å². The predicted octanol–water partition coefficient (Wildman–Crippen LogP) is 2.75. The first-order valence-electron chi connectivity index (χ1n) is 7.53. The molecule has 0 unspecified atom stereocenters. The Labute approximate surface area is 149 Å². The first-order chi connectivity index (χ1) is 12.1. The summed E-state index contributed by atoms with van der Waals surface area (Å²) in [5, 5.41) is 14.3. The Balaban J connectivity index is 2.50. The average molecular weight is 352 g/mol. The van der Waals surface area contributed by atoms with E-state index in [4.69, 9.17) is 18.1 Å². The minimum Gasteiger partial charge on any atom is -0.494 e. The Bertz CT molecular complexity index is 1050. The first kappa shape index (κ1) is 16.7. The Hall–Kier alpha value is -3.19. The predicted molar refractivity (Wildman–Crippen MR) is 100 cm³/mol. The maximum absolute atomic E-state index is 13.0. The minimum absolute atomic E-state index is 0.00352. The fraction of sp³-hybridized carbons (Fsp3) is 0.0556. The number of hydrazone groups is 1. The average Bonchev–Trinajstić information content (AvgIpc) is 2.63. The summed E-state index contributed by atoms with van der Waals surface area (Å²) < 4.78 is 2.92. The molecule has 0 spiro atoms. The fourth-order valence-corrected chi connectivity index (χ4v) is 2.97. The smallest absolute Gasteiger partial charge is 0.272 e. The lowest BCUT2D eigenvalue weighted by Gasteiger charge is -2.17. The third-order valence-corrected chi connectivity index (χ3v) is 4.18. The Kier molecular flexibility index (Phi) is 4.49. The molecule has 0 aliphatic carbocycles. The van der Waals surface area contributed by atoms with Gasteiger partial charge in [-0.1, -0.05) is 36.4 Å². The molecule has 1 heterocycles. The van der Waals surface area contributed by atoms with Gasteiger partial charge in [0.25, 0.3) is 5.56 Å². The number of hydrogen-bond acceptors (Lipinski definition) is 5. The van der Waals surface area contributed by atoms with Crippen LogP contribution in [0.15, 0.2) is 70.6 Å². The maximum Gasteiger partial charge on any atom is 0.272 e. The Morgan fingerprint density at radius 3 is 1.96 bits per heavy atom. The van der Waals surface area contributed by atoms with Crippen LogP contribution in [0.1, 0.15) is 12.5 Å². The molecule has 0 aliphatic heterocycles. The van der Waals surface area contributed by atoms with Gasteiger partial charge in [0.2, 0.25) is 5.88 Å². The van der Waals surface area contributed by atoms with Crippen molar-refractivity contribution >= 4 is 17.9 Å². The lowest BCUT2D eigenvalue weighted by atomic mass is 10.2. The van der Waals surface area contributed by atoms with E-state index >= 15 is 0 Å². The summed E-state index contributed by atoms with van der Waals surface area (Å²) in [7, 11) is 0. The van der Waals surface area contributed by atoms with Gasteiger partial charge in [-0.15, -0.1) is 0 Å². The van der Waals surface area contributed by atoms with Gasteiger partial charge in [0.1, 0.15) is 5.56 Å². The monoisotopic (exact) mass is 352 g/mol. The molecule has 25 heavy (non-hydrogen) atoms. The van der Waals surface area contributed by atoms with Crippen molar-refractivity contribution < 1.29 is 5.11 Å². The summed E-state index contributed by atoms with van der Waals surface area (Å²) in [5.41, 5.74) is 0.956. The highest BCUT2D eigenvalue weighted by atomic mass is 32.1. The fourth-order valence-electron chi connectivity index (χ4n) is 2.59. The van der Waals surface area contributed by atoms with Gasteiger partial charge < -0.3 is 10.9 Å². The molecule has 0 saturated carbocycles. The van der Waals surface area contributed by atoms with Crippen molar-refractivity contribution in [1.29, 1.82) is 0 Å². The summed E-state index contributed by atoms with van der Waals surface area (Å²) in [5.74, 6) is 5.06. The molecule has 3 aromatic rings. The van der Waals surface area contributed by atoms with Gasteiger partial charge in [-0.2, -0.15) is 5.10 Å². The van der Waals surface area contributed by atoms with E-state index in [2.05, 4.69) is 5.10 Å². The van der Waals surface area contributed by atoms with E-state index in [0.717, 1.165) is 0 Å². The molecule has 0 amide bonds. The van der Waals surface area contributed by atoms with Crippen LogP contribution in [0.4, 0.5) is 0 Å². The van der Waals surface area contributed by atoms with E-state index in [1.807, 2.05) is 24.3 Å². The maximum atomic E-state index is 13.0.